The summed E-state index contributed by atoms with van der Waals surface area (Å²) in [6.07, 6.45) is 5.20. The number of isocyanates is 1. The Morgan fingerprint density at radius 2 is 2.13 bits per heavy atom. The van der Waals surface area contributed by atoms with Crippen molar-refractivity contribution in [2.75, 3.05) is 0 Å². The average Bonchev–Trinajstić information content (AvgIpc) is 2.43. The van der Waals surface area contributed by atoms with Crippen molar-refractivity contribution in [3.63, 3.8) is 0 Å². The van der Waals surface area contributed by atoms with E-state index < -0.39 is 0 Å². The van der Waals surface area contributed by atoms with E-state index >= 15 is 0 Å². The molecule has 76 valence electrons. The number of nitrogens with zero attached hydrogens (tertiary/aromatic N) is 1. The molecule has 0 aliphatic heterocycles. The van der Waals surface area contributed by atoms with Crippen molar-refractivity contribution in [2.24, 2.45) is 4.99 Å². The first kappa shape index (κ1) is 9.81. The zero-order chi connectivity index (χ0) is 11.1. The van der Waals surface area contributed by atoms with Crippen molar-refractivity contribution in [3.8, 4) is 0 Å². The summed E-state index contributed by atoms with van der Waals surface area (Å²) in [6.45, 7) is 3.89. The smallest absolute Gasteiger partial charge is 0.211 e. The highest BCUT2D eigenvalue weighted by atomic mass is 19.1. The first-order valence-corrected chi connectivity index (χ1v) is 4.66. The molecule has 1 aromatic rings. The van der Waals surface area contributed by atoms with E-state index in [1.54, 1.807) is 6.07 Å². The first-order valence-electron chi connectivity index (χ1n) is 4.66. The van der Waals surface area contributed by atoms with Crippen molar-refractivity contribution >= 4 is 17.8 Å². The second kappa shape index (κ2) is 3.14. The molecule has 0 unspecified atom stereocenters. The molecule has 0 amide bonds. The third-order valence-corrected chi connectivity index (χ3v) is 2.60. The maximum absolute atomic E-state index is 13.7. The fourth-order valence-corrected chi connectivity index (χ4v) is 1.92. The summed E-state index contributed by atoms with van der Waals surface area (Å²) in [5.74, 6) is -0.323. The van der Waals surface area contributed by atoms with Gasteiger partial charge in [-0.3, -0.25) is 0 Å². The Labute approximate surface area is 87.1 Å². The molecule has 0 N–H and O–H groups in total. The van der Waals surface area contributed by atoms with Crippen LogP contribution < -0.4 is 0 Å². The number of allylic oxidation sites excluding steroid dienone is 1. The monoisotopic (exact) mass is 203 g/mol. The Bertz CT molecular complexity index is 497. The molecule has 0 heterocycles. The summed E-state index contributed by atoms with van der Waals surface area (Å²) < 4.78 is 13.7. The minimum absolute atomic E-state index is 0.289. The summed E-state index contributed by atoms with van der Waals surface area (Å²) in [4.78, 5) is 13.5. The number of hydrogen-bond acceptors (Lipinski definition) is 2. The SMILES string of the molecule is CC1(C)C=Cc2cc(N=C=O)cc(F)c21. The van der Waals surface area contributed by atoms with Crippen LogP contribution in [-0.4, -0.2) is 6.08 Å². The fraction of sp³-hybridized carbons (Fsp3) is 0.250. The maximum atomic E-state index is 13.7. The Morgan fingerprint density at radius 3 is 2.80 bits per heavy atom. The number of fused-ring (bicyclic) bond motifs is 1. The second-order valence-corrected chi connectivity index (χ2v) is 4.15. The van der Waals surface area contributed by atoms with E-state index in [-0.39, 0.29) is 11.2 Å². The zero-order valence-corrected chi connectivity index (χ0v) is 8.54. The Hall–Kier alpha value is -1.73. The lowest BCUT2D eigenvalue weighted by Crippen LogP contribution is -2.13. The van der Waals surface area contributed by atoms with Gasteiger partial charge in [0.25, 0.3) is 0 Å². The number of rotatable bonds is 1. The van der Waals surface area contributed by atoms with Gasteiger partial charge in [0.15, 0.2) is 0 Å². The lowest BCUT2D eigenvalue weighted by Gasteiger charge is -2.18. The Morgan fingerprint density at radius 1 is 1.40 bits per heavy atom. The van der Waals surface area contributed by atoms with E-state index in [4.69, 9.17) is 0 Å². The highest BCUT2D eigenvalue weighted by molar-refractivity contribution is 5.69. The third kappa shape index (κ3) is 1.51. The van der Waals surface area contributed by atoms with Crippen LogP contribution in [0.15, 0.2) is 23.2 Å². The number of benzene rings is 1. The van der Waals surface area contributed by atoms with Crippen molar-refractivity contribution in [1.29, 1.82) is 0 Å². The van der Waals surface area contributed by atoms with Gasteiger partial charge in [0.2, 0.25) is 6.08 Å². The van der Waals surface area contributed by atoms with E-state index in [1.807, 2.05) is 26.0 Å². The van der Waals surface area contributed by atoms with Crippen LogP contribution in [0.25, 0.3) is 6.08 Å². The maximum Gasteiger partial charge on any atom is 0.240 e. The Balaban J connectivity index is 2.65. The summed E-state index contributed by atoms with van der Waals surface area (Å²) >= 11 is 0. The van der Waals surface area contributed by atoms with Crippen molar-refractivity contribution < 1.29 is 9.18 Å². The molecule has 1 aliphatic carbocycles. The summed E-state index contributed by atoms with van der Waals surface area (Å²) in [5, 5.41) is 0. The molecule has 2 rings (SSSR count). The summed E-state index contributed by atoms with van der Waals surface area (Å²) in [7, 11) is 0. The van der Waals surface area contributed by atoms with E-state index in [9.17, 15) is 9.18 Å². The van der Waals surface area contributed by atoms with E-state index in [0.717, 1.165) is 5.56 Å². The number of halogens is 1. The van der Waals surface area contributed by atoms with Gasteiger partial charge in [-0.2, -0.15) is 4.99 Å². The van der Waals surface area contributed by atoms with Gasteiger partial charge in [0.05, 0.1) is 5.69 Å². The van der Waals surface area contributed by atoms with Crippen molar-refractivity contribution in [1.82, 2.24) is 0 Å². The largest absolute Gasteiger partial charge is 0.240 e. The molecule has 2 nitrogen and oxygen atoms in total. The summed E-state index contributed by atoms with van der Waals surface area (Å²) in [6, 6.07) is 2.95. The van der Waals surface area contributed by atoms with Gasteiger partial charge in [-0.1, -0.05) is 26.0 Å². The molecule has 0 saturated carbocycles. The van der Waals surface area contributed by atoms with Gasteiger partial charge < -0.3 is 0 Å². The quantitative estimate of drug-likeness (QED) is 0.509. The minimum atomic E-state index is -0.323. The van der Waals surface area contributed by atoms with Crippen LogP contribution in [0.5, 0.6) is 0 Å². The van der Waals surface area contributed by atoms with Crippen LogP contribution in [0.2, 0.25) is 0 Å². The molecule has 0 atom stereocenters. The average molecular weight is 203 g/mol. The topological polar surface area (TPSA) is 29.4 Å². The van der Waals surface area contributed by atoms with Crippen LogP contribution in [0.4, 0.5) is 10.1 Å². The van der Waals surface area contributed by atoms with Gasteiger partial charge in [0, 0.05) is 17.0 Å². The van der Waals surface area contributed by atoms with E-state index in [0.29, 0.717) is 11.3 Å². The van der Waals surface area contributed by atoms with Crippen LogP contribution in [0.1, 0.15) is 25.0 Å². The molecule has 0 fully saturated rings. The molecule has 1 aliphatic rings. The van der Waals surface area contributed by atoms with Gasteiger partial charge in [-0.05, 0) is 11.6 Å². The van der Waals surface area contributed by atoms with Crippen LogP contribution in [0, 0.1) is 5.82 Å². The predicted octanol–water partition coefficient (Wildman–Crippen LogP) is 3.10. The molecule has 0 aromatic heterocycles. The van der Waals surface area contributed by atoms with Gasteiger partial charge in [0.1, 0.15) is 5.82 Å². The molecule has 3 heteroatoms. The van der Waals surface area contributed by atoms with Crippen molar-refractivity contribution in [2.45, 2.75) is 19.3 Å². The van der Waals surface area contributed by atoms with Crippen LogP contribution in [-0.2, 0) is 10.2 Å². The fourth-order valence-electron chi connectivity index (χ4n) is 1.92. The number of aliphatic imine (C=N–C) groups is 1. The predicted molar refractivity (Wildman–Crippen MR) is 56.2 cm³/mol. The van der Waals surface area contributed by atoms with E-state index in [1.165, 1.54) is 12.1 Å². The van der Waals surface area contributed by atoms with Crippen LogP contribution >= 0.6 is 0 Å². The molecule has 0 bridgehead atoms. The molecule has 15 heavy (non-hydrogen) atoms. The van der Waals surface area contributed by atoms with Crippen molar-refractivity contribution in [3.05, 3.63) is 35.2 Å². The molecule has 0 saturated heterocycles. The third-order valence-electron chi connectivity index (χ3n) is 2.60. The molecule has 0 radical (unpaired) electrons. The highest BCUT2D eigenvalue weighted by Gasteiger charge is 2.28. The lowest BCUT2D eigenvalue weighted by molar-refractivity contribution is 0.563. The van der Waals surface area contributed by atoms with E-state index in [2.05, 4.69) is 4.99 Å². The second-order valence-electron chi connectivity index (χ2n) is 4.15. The van der Waals surface area contributed by atoms with Gasteiger partial charge in [-0.25, -0.2) is 9.18 Å². The Kier molecular flexibility index (Phi) is 2.06. The minimum Gasteiger partial charge on any atom is -0.211 e. The summed E-state index contributed by atoms with van der Waals surface area (Å²) in [5.41, 5.74) is 1.47. The molecular weight excluding hydrogens is 193 g/mol. The highest BCUT2D eigenvalue weighted by Crippen LogP contribution is 2.38. The normalized spacial score (nSPS) is 15.9. The zero-order valence-electron chi connectivity index (χ0n) is 8.54. The lowest BCUT2D eigenvalue weighted by atomic mass is 9.86. The molecule has 1 aromatic carbocycles. The van der Waals surface area contributed by atoms with Gasteiger partial charge in [-0.15, -0.1) is 0 Å². The standard InChI is InChI=1S/C12H10FNO/c1-12(2)4-3-8-5-9(14-7-15)6-10(13)11(8)12/h3-6H,1-2H3. The first-order chi connectivity index (χ1) is 7.04. The number of carbonyl (C=O) groups excluding carboxylic acids is 1. The number of hydrogen-bond donors (Lipinski definition) is 0. The van der Waals surface area contributed by atoms with Gasteiger partial charge >= 0.3 is 0 Å². The molecular formula is C12H10FNO. The van der Waals surface area contributed by atoms with Crippen LogP contribution in [0.3, 0.4) is 0 Å². The molecule has 0 spiro atoms.